The minimum atomic E-state index is -0.725. The standard InChI is InChI=1S/C14H11NO5.2C14H11NO4.C14H11NO3.C13H10O6.2C13H10O5.C13H10O4/c16-8-5-10(7-1-3-15-4-2-7)20-11-6-9(17)13(18)14(19)12(8)11;16-10-6-13(8-1-3-15-4-2-8)19-14-7-12(18)11(17)5-9(10)14;16-9-5-10(17)14-11(18)7-12(19-13(14)6-9)8-1-3-15-4-2-8;16-10-1-2-13-11(7-10)12(17)8-14(18-13)9-3-5-15-6-4-9;14-7-3-9(6-1-2-18-5-6)19-10-4-8(15)12(16)13(17)11(7)10;14-9-4-12(7-1-2-17-6-7)18-13-5-11(16)10(15)3-8(9)13;14-8-3-9(15)13-10(16)5-11(18-12(13)4-8)7-1-2-17-6-7;14-9-1-2-12-10(5-9)11(15)6-13(17-12)8-3-4-16-7-8/h1-4,6,10,17-19H,5H2;1-5,7,13,17-18H,6H2;1-6,12,16-17H,7H2;1-7,14,16H,8H2;1-2,4-5,9,15-17H,3H2;1-3,5-6,12,15-16H,4H2;1-4,6,11,14-15H,5H2;1-5,7,13-14H,6H2. The molecule has 8 aliphatic heterocycles. The molecule has 40 nitrogen and oxygen atoms in total. The lowest BCUT2D eigenvalue weighted by molar-refractivity contribution is 0.0832. The Hall–Kier alpha value is -20.0. The van der Waals surface area contributed by atoms with E-state index in [1.165, 1.54) is 98.2 Å². The van der Waals surface area contributed by atoms with Gasteiger partial charge in [0, 0.05) is 120 Å². The maximum atomic E-state index is 12.1. The van der Waals surface area contributed by atoms with Crippen molar-refractivity contribution in [2.75, 3.05) is 0 Å². The number of carbonyl (C=O) groups is 8. The second kappa shape index (κ2) is 43.2. The molecular formula is C108H84N4O36. The van der Waals surface area contributed by atoms with Gasteiger partial charge >= 0.3 is 0 Å². The molecule has 8 aromatic carbocycles. The summed E-state index contributed by atoms with van der Waals surface area (Å²) in [5.74, 6) is -5.18. The Labute approximate surface area is 834 Å². The van der Waals surface area contributed by atoms with E-state index in [1.807, 2.05) is 12.1 Å². The summed E-state index contributed by atoms with van der Waals surface area (Å²) in [6.07, 6.45) is 23.0. The summed E-state index contributed by atoms with van der Waals surface area (Å²) >= 11 is 0. The average Bonchev–Trinajstić information content (AvgIpc) is 1.03. The molecular weight excluding hydrogens is 1930 g/mol. The van der Waals surface area contributed by atoms with Crippen molar-refractivity contribution in [2.45, 2.75) is 100 Å². The number of phenolic OH excluding ortho intramolecular Hbond substituents is 16. The first-order chi connectivity index (χ1) is 71.2. The Morgan fingerprint density at radius 3 is 0.696 bits per heavy atom. The highest BCUT2D eigenvalue weighted by Crippen LogP contribution is 2.53. The second-order valence-electron chi connectivity index (χ2n) is 33.9. The minimum absolute atomic E-state index is 0.0182. The Bertz CT molecular complexity index is 7660. The fourth-order valence-corrected chi connectivity index (χ4v) is 16.7. The van der Waals surface area contributed by atoms with Gasteiger partial charge in [-0.2, -0.15) is 0 Å². The minimum Gasteiger partial charge on any atom is -0.508 e. The van der Waals surface area contributed by atoms with Gasteiger partial charge in [0.1, 0.15) is 152 Å². The topological polar surface area (TPSA) is 638 Å². The number of ketones is 8. The molecule has 8 aromatic heterocycles. The van der Waals surface area contributed by atoms with Gasteiger partial charge in [-0.3, -0.25) is 58.3 Å². The van der Waals surface area contributed by atoms with E-state index in [4.69, 9.17) is 55.6 Å². The zero-order chi connectivity index (χ0) is 104. The molecule has 0 spiro atoms. The van der Waals surface area contributed by atoms with E-state index in [9.17, 15) is 120 Å². The second-order valence-corrected chi connectivity index (χ2v) is 33.9. The predicted octanol–water partition coefficient (Wildman–Crippen LogP) is 18.4. The van der Waals surface area contributed by atoms with E-state index in [-0.39, 0.29) is 230 Å². The number of aromatic hydroxyl groups is 16. The van der Waals surface area contributed by atoms with Crippen LogP contribution in [0, 0.1) is 0 Å². The number of nitrogens with zero attached hydrogens (tertiary/aromatic N) is 4. The number of hydrogen-bond acceptors (Lipinski definition) is 40. The number of furan rings is 4. The first-order valence-corrected chi connectivity index (χ1v) is 45.0. The van der Waals surface area contributed by atoms with Crippen molar-refractivity contribution < 1.29 is 176 Å². The predicted molar refractivity (Wildman–Crippen MR) is 508 cm³/mol. The zero-order valence-corrected chi connectivity index (χ0v) is 76.8. The maximum absolute atomic E-state index is 12.1. The van der Waals surface area contributed by atoms with Crippen molar-refractivity contribution in [3.05, 3.63) is 359 Å². The van der Waals surface area contributed by atoms with E-state index in [0.29, 0.717) is 33.8 Å². The van der Waals surface area contributed by atoms with E-state index >= 15 is 0 Å². The third-order valence-corrected chi connectivity index (χ3v) is 24.1. The van der Waals surface area contributed by atoms with Crippen LogP contribution < -0.4 is 37.9 Å². The number of phenols is 16. The molecule has 0 fully saturated rings. The first kappa shape index (κ1) is 99.6. The van der Waals surface area contributed by atoms with Gasteiger partial charge in [0.25, 0.3) is 0 Å². The van der Waals surface area contributed by atoms with Crippen LogP contribution in [-0.4, -0.2) is 148 Å². The summed E-state index contributed by atoms with van der Waals surface area (Å²) in [7, 11) is 0. The van der Waals surface area contributed by atoms with Crippen LogP contribution in [0.25, 0.3) is 0 Å². The molecule has 8 aliphatic rings. The number of fused-ring (bicyclic) bond motifs is 8. The van der Waals surface area contributed by atoms with Crippen molar-refractivity contribution in [1.29, 1.82) is 0 Å². The van der Waals surface area contributed by atoms with Gasteiger partial charge in [0.2, 0.25) is 11.5 Å². The molecule has 0 radical (unpaired) electrons. The highest BCUT2D eigenvalue weighted by Gasteiger charge is 2.40. The molecule has 8 unspecified atom stereocenters. The van der Waals surface area contributed by atoms with Crippen LogP contribution in [-0.2, 0) is 0 Å². The van der Waals surface area contributed by atoms with Crippen LogP contribution in [0.3, 0.4) is 0 Å². The smallest absolute Gasteiger partial charge is 0.201 e. The lowest BCUT2D eigenvalue weighted by Crippen LogP contribution is -2.20. The van der Waals surface area contributed by atoms with Gasteiger partial charge < -0.3 is 137 Å². The van der Waals surface area contributed by atoms with Crippen LogP contribution in [0.1, 0.15) is 228 Å². The summed E-state index contributed by atoms with van der Waals surface area (Å²) in [5.41, 5.74) is 7.90. The highest BCUT2D eigenvalue weighted by molar-refractivity contribution is 6.07. The van der Waals surface area contributed by atoms with Gasteiger partial charge in [0.05, 0.1) is 124 Å². The molecule has 16 aromatic rings. The van der Waals surface area contributed by atoms with Gasteiger partial charge in [-0.05, 0) is 144 Å². The van der Waals surface area contributed by atoms with Crippen molar-refractivity contribution in [3.8, 4) is 138 Å². The Balaban J connectivity index is 0.000000115. The van der Waals surface area contributed by atoms with Crippen LogP contribution >= 0.6 is 0 Å². The van der Waals surface area contributed by atoms with Gasteiger partial charge in [0.15, 0.2) is 92.3 Å². The fourth-order valence-electron chi connectivity index (χ4n) is 16.7. The van der Waals surface area contributed by atoms with Crippen LogP contribution in [0.2, 0.25) is 0 Å². The first-order valence-electron chi connectivity index (χ1n) is 45.0. The van der Waals surface area contributed by atoms with Crippen LogP contribution in [0.5, 0.6) is 138 Å². The zero-order valence-electron chi connectivity index (χ0n) is 76.8. The quantitative estimate of drug-likeness (QED) is 0.0628. The molecule has 0 saturated carbocycles. The number of carbonyl (C=O) groups excluding carboxylic acids is 8. The normalized spacial score (nSPS) is 17.9. The van der Waals surface area contributed by atoms with E-state index in [2.05, 4.69) is 19.9 Å². The number of benzene rings is 8. The number of rotatable bonds is 8. The van der Waals surface area contributed by atoms with Crippen molar-refractivity contribution >= 4 is 46.3 Å². The number of hydrogen-bond donors (Lipinski definition) is 16. The van der Waals surface area contributed by atoms with Gasteiger partial charge in [-0.1, -0.05) is 0 Å². The van der Waals surface area contributed by atoms with Crippen LogP contribution in [0.15, 0.2) is 287 Å². The van der Waals surface area contributed by atoms with Gasteiger partial charge in [-0.25, -0.2) is 0 Å². The summed E-state index contributed by atoms with van der Waals surface area (Å²) in [4.78, 5) is 112. The van der Waals surface area contributed by atoms with Crippen molar-refractivity contribution in [1.82, 2.24) is 19.9 Å². The number of aromatic nitrogens is 4. The lowest BCUT2D eigenvalue weighted by Gasteiger charge is -2.26. The van der Waals surface area contributed by atoms with E-state index < -0.39 is 71.1 Å². The molecule has 0 bridgehead atoms. The van der Waals surface area contributed by atoms with Gasteiger partial charge in [-0.15, -0.1) is 0 Å². The molecule has 8 atom stereocenters. The third kappa shape index (κ3) is 22.2. The molecule has 148 heavy (non-hydrogen) atoms. The lowest BCUT2D eigenvalue weighted by atomic mass is 9.95. The average molecular weight is 2010 g/mol. The molecule has 0 saturated heterocycles. The molecule has 752 valence electrons. The summed E-state index contributed by atoms with van der Waals surface area (Å²) in [6, 6.07) is 42.3. The largest absolute Gasteiger partial charge is 0.508 e. The molecule has 40 heteroatoms. The van der Waals surface area contributed by atoms with Crippen LogP contribution in [0.4, 0.5) is 0 Å². The monoisotopic (exact) mass is 2010 g/mol. The number of pyridine rings is 4. The van der Waals surface area contributed by atoms with Crippen molar-refractivity contribution in [3.63, 3.8) is 0 Å². The number of Topliss-reactive ketones (excluding diaryl/α,β-unsaturated/α-hetero) is 8. The molecule has 0 amide bonds. The molecule has 0 aliphatic carbocycles. The molecule has 24 rings (SSSR count). The summed E-state index contributed by atoms with van der Waals surface area (Å²) < 4.78 is 65.1. The summed E-state index contributed by atoms with van der Waals surface area (Å²) in [5, 5.41) is 152. The number of ether oxygens (including phenoxy) is 8. The maximum Gasteiger partial charge on any atom is 0.201 e. The van der Waals surface area contributed by atoms with E-state index in [0.717, 1.165) is 63.2 Å². The van der Waals surface area contributed by atoms with E-state index in [1.54, 1.807) is 135 Å². The Morgan fingerprint density at radius 1 is 0.189 bits per heavy atom. The Kier molecular flexibility index (Phi) is 29.1. The SMILES string of the molecule is O=C1CC(c2ccncc2)Oc2cc(O)c(O)c(O)c21.O=C1CC(c2ccncc2)Oc2cc(O)c(O)cc21.O=C1CC(c2ccncc2)Oc2cc(O)cc(O)c21.O=C1CC(c2ccncc2)Oc2ccc(O)cc21.O=C1CC(c2ccoc2)Oc2cc(O)c(O)c(O)c21.O=C1CC(c2ccoc2)Oc2cc(O)c(O)cc21.O=C1CC(c2ccoc2)Oc2cc(O)cc(O)c21.O=C1CC(c2ccoc2)Oc2ccc(O)cc21. The third-order valence-electron chi connectivity index (χ3n) is 24.1. The summed E-state index contributed by atoms with van der Waals surface area (Å²) in [6.45, 7) is 0. The molecule has 16 heterocycles. The molecule has 16 N–H and O–H groups in total. The fraction of sp³-hybridized carbons (Fsp3) is 0.148. The highest BCUT2D eigenvalue weighted by atomic mass is 16.5. The Morgan fingerprint density at radius 2 is 0.419 bits per heavy atom. The van der Waals surface area contributed by atoms with Crippen molar-refractivity contribution in [2.24, 2.45) is 0 Å².